The Morgan fingerprint density at radius 2 is 1.74 bits per heavy atom. The van der Waals surface area contributed by atoms with Gasteiger partial charge in [-0.2, -0.15) is 18.3 Å². The molecule has 0 spiro atoms. The maximum atomic E-state index is 14.5. The molecule has 35 heavy (non-hydrogen) atoms. The van der Waals surface area contributed by atoms with Crippen molar-refractivity contribution >= 4 is 39.5 Å². The molecule has 0 atom stereocenters. The fourth-order valence-electron chi connectivity index (χ4n) is 2.97. The fraction of sp³-hybridized carbons (Fsp3) is 0.0435. The summed E-state index contributed by atoms with van der Waals surface area (Å²) in [7, 11) is 0. The summed E-state index contributed by atoms with van der Waals surface area (Å²) in [4.78, 5) is 15.2. The molecule has 0 aliphatic carbocycles. The number of anilines is 2. The second-order valence-electron chi connectivity index (χ2n) is 7.08. The van der Waals surface area contributed by atoms with E-state index in [0.717, 1.165) is 29.5 Å². The lowest BCUT2D eigenvalue weighted by molar-refractivity contribution is -0.137. The minimum Gasteiger partial charge on any atom is -0.478 e. The maximum Gasteiger partial charge on any atom is 0.416 e. The van der Waals surface area contributed by atoms with Crippen LogP contribution >= 0.6 is 11.3 Å². The Balaban J connectivity index is 1.59. The molecule has 0 fully saturated rings. The number of benzene rings is 3. The van der Waals surface area contributed by atoms with Gasteiger partial charge in [0.25, 0.3) is 0 Å². The van der Waals surface area contributed by atoms with Gasteiger partial charge in [-0.25, -0.2) is 18.6 Å². The topological polar surface area (TPSA) is 86.9 Å². The van der Waals surface area contributed by atoms with Gasteiger partial charge in [-0.05, 0) is 42.5 Å². The number of nitrogens with one attached hydrogen (secondary N) is 1. The van der Waals surface area contributed by atoms with Crippen molar-refractivity contribution in [1.29, 1.82) is 0 Å². The Kier molecular flexibility index (Phi) is 6.56. The lowest BCUT2D eigenvalue weighted by Crippen LogP contribution is -2.05. The largest absolute Gasteiger partial charge is 0.478 e. The van der Waals surface area contributed by atoms with E-state index >= 15 is 0 Å². The van der Waals surface area contributed by atoms with Crippen LogP contribution in [-0.4, -0.2) is 16.1 Å². The molecule has 0 saturated heterocycles. The average molecular weight is 504 g/mol. The number of thiazole rings is 1. The Labute approximate surface area is 198 Å². The Morgan fingerprint density at radius 3 is 2.49 bits per heavy atom. The van der Waals surface area contributed by atoms with Crippen molar-refractivity contribution in [2.45, 2.75) is 6.18 Å². The molecule has 1 aromatic heterocycles. The number of hydrogen-bond acceptors (Lipinski definition) is 6. The number of halogens is 5. The van der Waals surface area contributed by atoms with Gasteiger partial charge in [-0.1, -0.05) is 12.1 Å². The summed E-state index contributed by atoms with van der Waals surface area (Å²) in [5, 5.41) is 21.0. The smallest absolute Gasteiger partial charge is 0.416 e. The highest BCUT2D eigenvalue weighted by atomic mass is 32.1. The van der Waals surface area contributed by atoms with E-state index in [1.807, 2.05) is 0 Å². The number of aromatic nitrogens is 1. The zero-order valence-electron chi connectivity index (χ0n) is 17.3. The van der Waals surface area contributed by atoms with Gasteiger partial charge in [0.1, 0.15) is 11.5 Å². The Morgan fingerprint density at radius 1 is 0.971 bits per heavy atom. The summed E-state index contributed by atoms with van der Waals surface area (Å²) < 4.78 is 67.5. The Bertz CT molecular complexity index is 1440. The molecule has 0 radical (unpaired) electrons. The number of aromatic carboxylic acids is 1. The highest BCUT2D eigenvalue weighted by molar-refractivity contribution is 7.14. The molecule has 0 unspecified atom stereocenters. The molecule has 0 aliphatic heterocycles. The Hall–Kier alpha value is -4.19. The van der Waals surface area contributed by atoms with Crippen molar-refractivity contribution in [3.63, 3.8) is 0 Å². The van der Waals surface area contributed by atoms with Crippen molar-refractivity contribution in [3.05, 3.63) is 88.8 Å². The van der Waals surface area contributed by atoms with Crippen molar-refractivity contribution in [3.8, 4) is 11.3 Å². The predicted molar refractivity (Wildman–Crippen MR) is 120 cm³/mol. The molecular weight excluding hydrogens is 491 g/mol. The molecule has 178 valence electrons. The van der Waals surface area contributed by atoms with E-state index in [0.29, 0.717) is 6.07 Å². The molecule has 2 N–H and O–H groups in total. The molecule has 3 aromatic carbocycles. The van der Waals surface area contributed by atoms with Crippen LogP contribution in [0.3, 0.4) is 0 Å². The average Bonchev–Trinajstić information content (AvgIpc) is 3.26. The van der Waals surface area contributed by atoms with Gasteiger partial charge in [-0.3, -0.25) is 0 Å². The van der Waals surface area contributed by atoms with Crippen LogP contribution in [0.2, 0.25) is 0 Å². The molecule has 0 saturated carbocycles. The third-order valence-electron chi connectivity index (χ3n) is 4.62. The lowest BCUT2D eigenvalue weighted by atomic mass is 10.1. The first-order chi connectivity index (χ1) is 16.6. The number of carboxylic acids is 1. The lowest BCUT2D eigenvalue weighted by Gasteiger charge is -2.09. The van der Waals surface area contributed by atoms with Crippen molar-refractivity contribution in [2.24, 2.45) is 10.2 Å². The van der Waals surface area contributed by atoms with Gasteiger partial charge in [0, 0.05) is 22.7 Å². The number of hydrogen-bond donors (Lipinski definition) is 2. The standard InChI is InChI=1S/C23H13F5N4O2S/c24-17-10-18(25)19(32-31-15-6-1-3-12(7-15)21(33)34)9-16(17)20-11-35-22(30-20)29-14-5-2-4-13(8-14)23(26,27)28/h1-11H,(H,29,30)(H,33,34). The van der Waals surface area contributed by atoms with Gasteiger partial charge >= 0.3 is 12.1 Å². The minimum atomic E-state index is -4.51. The van der Waals surface area contributed by atoms with E-state index < -0.39 is 29.3 Å². The van der Waals surface area contributed by atoms with E-state index in [9.17, 15) is 26.7 Å². The van der Waals surface area contributed by atoms with Crippen molar-refractivity contribution in [2.75, 3.05) is 5.32 Å². The van der Waals surface area contributed by atoms with Crippen LogP contribution in [-0.2, 0) is 6.18 Å². The van der Waals surface area contributed by atoms with E-state index in [1.54, 1.807) is 0 Å². The molecule has 12 heteroatoms. The molecule has 0 amide bonds. The number of rotatable bonds is 6. The number of azo groups is 1. The normalized spacial score (nSPS) is 11.7. The van der Waals surface area contributed by atoms with Crippen LogP contribution in [0.15, 0.2) is 76.3 Å². The van der Waals surface area contributed by atoms with Crippen LogP contribution in [0, 0.1) is 11.6 Å². The van der Waals surface area contributed by atoms with Crippen LogP contribution in [0.5, 0.6) is 0 Å². The second-order valence-corrected chi connectivity index (χ2v) is 7.94. The molecule has 4 aromatic rings. The number of carbonyl (C=O) groups is 1. The zero-order chi connectivity index (χ0) is 25.2. The van der Waals surface area contributed by atoms with Gasteiger partial charge in [0.2, 0.25) is 0 Å². The minimum absolute atomic E-state index is 0.0370. The third-order valence-corrected chi connectivity index (χ3v) is 5.38. The van der Waals surface area contributed by atoms with Gasteiger partial charge < -0.3 is 10.4 Å². The highest BCUT2D eigenvalue weighted by Crippen LogP contribution is 2.35. The molecule has 0 bridgehead atoms. The van der Waals surface area contributed by atoms with Crippen LogP contribution in [0.1, 0.15) is 15.9 Å². The van der Waals surface area contributed by atoms with E-state index in [-0.39, 0.29) is 39.0 Å². The third kappa shape index (κ3) is 5.66. The first-order valence-electron chi connectivity index (χ1n) is 9.74. The maximum absolute atomic E-state index is 14.5. The first kappa shape index (κ1) is 24.0. The van der Waals surface area contributed by atoms with E-state index in [1.165, 1.54) is 41.8 Å². The van der Waals surface area contributed by atoms with E-state index in [2.05, 4.69) is 20.5 Å². The monoisotopic (exact) mass is 504 g/mol. The second kappa shape index (κ2) is 9.58. The highest BCUT2D eigenvalue weighted by Gasteiger charge is 2.30. The quantitative estimate of drug-likeness (QED) is 0.206. The van der Waals surface area contributed by atoms with Crippen LogP contribution in [0.4, 0.5) is 44.1 Å². The number of nitrogens with zero attached hydrogens (tertiary/aromatic N) is 3. The SMILES string of the molecule is O=C(O)c1cccc(N=Nc2cc(-c3csc(Nc4cccc(C(F)(F)F)c4)n3)c(F)cc2F)c1. The van der Waals surface area contributed by atoms with Gasteiger partial charge in [0.15, 0.2) is 10.9 Å². The summed E-state index contributed by atoms with van der Waals surface area (Å²) >= 11 is 1.01. The predicted octanol–water partition coefficient (Wildman–Crippen LogP) is 7.96. The van der Waals surface area contributed by atoms with Crippen LogP contribution < -0.4 is 5.32 Å². The van der Waals surface area contributed by atoms with E-state index in [4.69, 9.17) is 5.11 Å². The summed E-state index contributed by atoms with van der Waals surface area (Å²) in [5.74, 6) is -3.09. The summed E-state index contributed by atoms with van der Waals surface area (Å²) in [6.45, 7) is 0. The molecule has 6 nitrogen and oxygen atoms in total. The number of alkyl halides is 3. The summed E-state index contributed by atoms with van der Waals surface area (Å²) in [6, 6.07) is 11.7. The molecule has 4 rings (SSSR count). The van der Waals surface area contributed by atoms with Crippen molar-refractivity contribution < 1.29 is 31.9 Å². The summed E-state index contributed by atoms with van der Waals surface area (Å²) in [6.07, 6.45) is -4.51. The molecular formula is C23H13F5N4O2S. The summed E-state index contributed by atoms with van der Waals surface area (Å²) in [5.41, 5.74) is -0.908. The van der Waals surface area contributed by atoms with Crippen molar-refractivity contribution in [1.82, 2.24) is 4.98 Å². The zero-order valence-corrected chi connectivity index (χ0v) is 18.2. The van der Waals surface area contributed by atoms with Gasteiger partial charge in [0.05, 0.1) is 22.5 Å². The molecule has 1 heterocycles. The first-order valence-corrected chi connectivity index (χ1v) is 10.6. The molecule has 0 aliphatic rings. The number of carboxylic acid groups (broad SMARTS) is 1. The fourth-order valence-corrected chi connectivity index (χ4v) is 3.71. The van der Waals surface area contributed by atoms with Crippen LogP contribution in [0.25, 0.3) is 11.3 Å². The van der Waals surface area contributed by atoms with Gasteiger partial charge in [-0.15, -0.1) is 16.5 Å².